The van der Waals surface area contributed by atoms with E-state index < -0.39 is 0 Å². The second-order valence-corrected chi connectivity index (χ2v) is 6.70. The van der Waals surface area contributed by atoms with Crippen molar-refractivity contribution in [2.75, 3.05) is 5.32 Å². The molecule has 3 rings (SSSR count). The van der Waals surface area contributed by atoms with Crippen LogP contribution in [0.3, 0.4) is 0 Å². The summed E-state index contributed by atoms with van der Waals surface area (Å²) >= 11 is 3.56. The number of nitrogens with one attached hydrogen (secondary N) is 1. The van der Waals surface area contributed by atoms with Gasteiger partial charge in [-0.15, -0.1) is 22.7 Å². The van der Waals surface area contributed by atoms with Crippen LogP contribution in [0, 0.1) is 11.3 Å². The van der Waals surface area contributed by atoms with Gasteiger partial charge < -0.3 is 5.32 Å². The van der Waals surface area contributed by atoms with Crippen LogP contribution in [0.5, 0.6) is 0 Å². The maximum absolute atomic E-state index is 8.86. The molecule has 0 aliphatic rings. The average molecular weight is 310 g/mol. The molecule has 2 nitrogen and oxygen atoms in total. The summed E-state index contributed by atoms with van der Waals surface area (Å²) in [5, 5.41) is 16.7. The van der Waals surface area contributed by atoms with Crippen molar-refractivity contribution < 1.29 is 0 Å². The molecule has 0 spiro atoms. The molecule has 0 fully saturated rings. The van der Waals surface area contributed by atoms with Gasteiger partial charge in [0.2, 0.25) is 0 Å². The van der Waals surface area contributed by atoms with Gasteiger partial charge in [0.25, 0.3) is 0 Å². The summed E-state index contributed by atoms with van der Waals surface area (Å²) in [6.45, 7) is 0. The predicted octanol–water partition coefficient (Wildman–Crippen LogP) is 5.08. The van der Waals surface area contributed by atoms with E-state index in [9.17, 15) is 0 Å². The molecular weight excluding hydrogens is 296 g/mol. The Hall–Kier alpha value is -2.09. The van der Waals surface area contributed by atoms with E-state index in [2.05, 4.69) is 46.4 Å². The maximum Gasteiger partial charge on any atom is 0.0991 e. The van der Waals surface area contributed by atoms with Crippen molar-refractivity contribution in [3.8, 4) is 6.07 Å². The summed E-state index contributed by atoms with van der Waals surface area (Å²) in [5.74, 6) is 0. The third-order valence-electron chi connectivity index (χ3n) is 3.23. The molecule has 0 amide bonds. The lowest BCUT2D eigenvalue weighted by Crippen LogP contribution is -2.11. The zero-order valence-corrected chi connectivity index (χ0v) is 13.0. The van der Waals surface area contributed by atoms with Gasteiger partial charge in [-0.1, -0.05) is 12.1 Å². The minimum absolute atomic E-state index is 0.261. The molecule has 0 aliphatic carbocycles. The fraction of sp³-hybridized carbons (Fsp3) is 0.118. The first-order valence-corrected chi connectivity index (χ1v) is 8.43. The Morgan fingerprint density at radius 2 is 1.76 bits per heavy atom. The lowest BCUT2D eigenvalue weighted by Gasteiger charge is -2.18. The van der Waals surface area contributed by atoms with Crippen molar-refractivity contribution in [1.82, 2.24) is 0 Å². The molecule has 1 unspecified atom stereocenters. The first-order chi connectivity index (χ1) is 10.3. The van der Waals surface area contributed by atoms with Crippen molar-refractivity contribution in [2.45, 2.75) is 12.5 Å². The molecule has 1 atom stereocenters. The molecule has 21 heavy (non-hydrogen) atoms. The normalized spacial score (nSPS) is 11.8. The van der Waals surface area contributed by atoms with Crippen LogP contribution >= 0.6 is 22.7 Å². The zero-order chi connectivity index (χ0) is 14.5. The minimum atomic E-state index is 0.261. The van der Waals surface area contributed by atoms with Gasteiger partial charge in [-0.3, -0.25) is 0 Å². The SMILES string of the molecule is N#Cc1ccc(NC(Cc2cccs2)c2cccs2)cc1. The van der Waals surface area contributed by atoms with Gasteiger partial charge in [0.1, 0.15) is 0 Å². The Balaban J connectivity index is 1.80. The van der Waals surface area contributed by atoms with Crippen molar-refractivity contribution in [1.29, 1.82) is 5.26 Å². The van der Waals surface area contributed by atoms with Crippen LogP contribution in [0.2, 0.25) is 0 Å². The number of hydrogen-bond donors (Lipinski definition) is 1. The number of hydrogen-bond acceptors (Lipinski definition) is 4. The molecule has 2 heterocycles. The van der Waals surface area contributed by atoms with E-state index in [0.717, 1.165) is 12.1 Å². The Morgan fingerprint density at radius 1 is 1.00 bits per heavy atom. The molecule has 2 aromatic heterocycles. The van der Waals surface area contributed by atoms with Crippen molar-refractivity contribution >= 4 is 28.4 Å². The first-order valence-electron chi connectivity index (χ1n) is 6.67. The Kier molecular flexibility index (Phi) is 4.34. The number of rotatable bonds is 5. The number of anilines is 1. The van der Waals surface area contributed by atoms with E-state index >= 15 is 0 Å². The van der Waals surface area contributed by atoms with Crippen LogP contribution < -0.4 is 5.32 Å². The van der Waals surface area contributed by atoms with Crippen LogP contribution in [0.1, 0.15) is 21.4 Å². The van der Waals surface area contributed by atoms with Gasteiger partial charge in [-0.25, -0.2) is 0 Å². The van der Waals surface area contributed by atoms with Gasteiger partial charge in [-0.2, -0.15) is 5.26 Å². The van der Waals surface area contributed by atoms with Gasteiger partial charge >= 0.3 is 0 Å². The molecular formula is C17H14N2S2. The number of nitrogens with zero attached hydrogens (tertiary/aromatic N) is 1. The molecule has 1 N–H and O–H groups in total. The summed E-state index contributed by atoms with van der Waals surface area (Å²) in [4.78, 5) is 2.70. The first kappa shape index (κ1) is 13.9. The van der Waals surface area contributed by atoms with E-state index in [-0.39, 0.29) is 6.04 Å². The lowest BCUT2D eigenvalue weighted by atomic mass is 10.1. The predicted molar refractivity (Wildman–Crippen MR) is 89.9 cm³/mol. The second-order valence-electron chi connectivity index (χ2n) is 4.68. The molecule has 0 aliphatic heterocycles. The van der Waals surface area contributed by atoms with Crippen LogP contribution in [0.25, 0.3) is 0 Å². The van der Waals surface area contributed by atoms with Crippen LogP contribution in [-0.2, 0) is 6.42 Å². The minimum Gasteiger partial charge on any atom is -0.377 e. The highest BCUT2D eigenvalue weighted by atomic mass is 32.1. The van der Waals surface area contributed by atoms with Gasteiger partial charge in [0.15, 0.2) is 0 Å². The number of thiophene rings is 2. The maximum atomic E-state index is 8.86. The Bertz CT molecular complexity index is 707. The molecule has 0 bridgehead atoms. The van der Waals surface area contributed by atoms with Gasteiger partial charge in [0.05, 0.1) is 17.7 Å². The van der Waals surface area contributed by atoms with Crippen molar-refractivity contribution in [3.05, 3.63) is 74.6 Å². The monoisotopic (exact) mass is 310 g/mol. The summed E-state index contributed by atoms with van der Waals surface area (Å²) in [6, 6.07) is 18.5. The summed E-state index contributed by atoms with van der Waals surface area (Å²) in [6.07, 6.45) is 0.970. The molecule has 0 radical (unpaired) electrons. The third kappa shape index (κ3) is 3.52. The number of nitriles is 1. The molecule has 1 aromatic carbocycles. The molecule has 4 heteroatoms. The van der Waals surface area contributed by atoms with Gasteiger partial charge in [-0.05, 0) is 47.2 Å². The molecule has 104 valence electrons. The fourth-order valence-corrected chi connectivity index (χ4v) is 3.71. The topological polar surface area (TPSA) is 35.8 Å². The number of benzene rings is 1. The van der Waals surface area contributed by atoms with Gasteiger partial charge in [0, 0.05) is 21.9 Å². The molecule has 3 aromatic rings. The molecule has 0 saturated carbocycles. The third-order valence-corrected chi connectivity index (χ3v) is 5.11. The van der Waals surface area contributed by atoms with E-state index in [1.54, 1.807) is 22.7 Å². The van der Waals surface area contributed by atoms with Crippen LogP contribution in [0.15, 0.2) is 59.3 Å². The average Bonchev–Trinajstić information content (AvgIpc) is 3.21. The van der Waals surface area contributed by atoms with E-state index in [4.69, 9.17) is 5.26 Å². The molecule has 0 saturated heterocycles. The Labute approximate surface area is 132 Å². The Morgan fingerprint density at radius 3 is 2.38 bits per heavy atom. The van der Waals surface area contributed by atoms with E-state index in [0.29, 0.717) is 5.56 Å². The lowest BCUT2D eigenvalue weighted by molar-refractivity contribution is 0.802. The highest BCUT2D eigenvalue weighted by molar-refractivity contribution is 7.10. The summed E-state index contributed by atoms with van der Waals surface area (Å²) in [7, 11) is 0. The summed E-state index contributed by atoms with van der Waals surface area (Å²) < 4.78 is 0. The largest absolute Gasteiger partial charge is 0.377 e. The zero-order valence-electron chi connectivity index (χ0n) is 11.3. The standard InChI is InChI=1S/C17H14N2S2/c18-12-13-5-7-14(8-6-13)19-16(17-4-2-10-21-17)11-15-3-1-9-20-15/h1-10,16,19H,11H2. The second kappa shape index (κ2) is 6.57. The highest BCUT2D eigenvalue weighted by Gasteiger charge is 2.14. The smallest absolute Gasteiger partial charge is 0.0991 e. The van der Waals surface area contributed by atoms with Crippen molar-refractivity contribution in [3.63, 3.8) is 0 Å². The highest BCUT2D eigenvalue weighted by Crippen LogP contribution is 2.28. The summed E-state index contributed by atoms with van der Waals surface area (Å²) in [5.41, 5.74) is 1.73. The van der Waals surface area contributed by atoms with E-state index in [1.165, 1.54) is 9.75 Å². The quantitative estimate of drug-likeness (QED) is 0.713. The fourth-order valence-electron chi connectivity index (χ4n) is 2.18. The van der Waals surface area contributed by atoms with Crippen molar-refractivity contribution in [2.24, 2.45) is 0 Å². The van der Waals surface area contributed by atoms with Crippen LogP contribution in [-0.4, -0.2) is 0 Å². The van der Waals surface area contributed by atoms with E-state index in [1.807, 2.05) is 24.3 Å². The van der Waals surface area contributed by atoms with Crippen LogP contribution in [0.4, 0.5) is 5.69 Å².